The predicted octanol–water partition coefficient (Wildman–Crippen LogP) is 3.15. The summed E-state index contributed by atoms with van der Waals surface area (Å²) in [6, 6.07) is 12.6. The van der Waals surface area contributed by atoms with E-state index in [1.807, 2.05) is 49.4 Å². The van der Waals surface area contributed by atoms with Gasteiger partial charge in [-0.3, -0.25) is 4.79 Å². The Hall–Kier alpha value is -3.03. The quantitative estimate of drug-likeness (QED) is 0.460. The number of primary amides is 1. The molecule has 8 heteroatoms. The Labute approximate surface area is 180 Å². The molecule has 0 bridgehead atoms. The number of aryl methyl sites for hydroxylation is 1. The van der Waals surface area contributed by atoms with Crippen molar-refractivity contribution in [1.29, 1.82) is 0 Å². The third-order valence-electron chi connectivity index (χ3n) is 4.61. The number of nitrogens with one attached hydrogen (secondary N) is 2. The number of aromatic nitrogens is 2. The molecule has 1 amide bonds. The zero-order chi connectivity index (χ0) is 21.5. The molecule has 1 unspecified atom stereocenters. The van der Waals surface area contributed by atoms with Crippen LogP contribution < -0.4 is 20.5 Å². The Balaban J connectivity index is 1.62. The number of carbonyl (C=O) groups excluding carboxylic acids is 1. The normalized spacial score (nSPS) is 11.8. The summed E-state index contributed by atoms with van der Waals surface area (Å²) < 4.78 is 11.3. The van der Waals surface area contributed by atoms with Gasteiger partial charge >= 0.3 is 0 Å². The van der Waals surface area contributed by atoms with Gasteiger partial charge in [0, 0.05) is 41.5 Å². The summed E-state index contributed by atoms with van der Waals surface area (Å²) in [6.45, 7) is 2.67. The highest BCUT2D eigenvalue weighted by molar-refractivity contribution is 6.30. The van der Waals surface area contributed by atoms with Crippen LogP contribution in [0.2, 0.25) is 5.02 Å². The highest BCUT2D eigenvalue weighted by Gasteiger charge is 2.17. The van der Waals surface area contributed by atoms with Crippen LogP contribution in [0.1, 0.15) is 22.6 Å². The van der Waals surface area contributed by atoms with Gasteiger partial charge in [0.05, 0.1) is 13.2 Å². The van der Waals surface area contributed by atoms with Crippen LogP contribution >= 0.6 is 11.6 Å². The van der Waals surface area contributed by atoms with Gasteiger partial charge < -0.3 is 25.5 Å². The fourth-order valence-electron chi connectivity index (χ4n) is 3.06. The van der Waals surface area contributed by atoms with Crippen molar-refractivity contribution in [2.45, 2.75) is 32.5 Å². The van der Waals surface area contributed by atoms with Crippen LogP contribution in [-0.2, 0) is 24.4 Å². The average Bonchev–Trinajstić information content (AvgIpc) is 3.14. The zero-order valence-corrected chi connectivity index (χ0v) is 17.7. The number of rotatable bonds is 10. The molecule has 3 rings (SSSR count). The summed E-state index contributed by atoms with van der Waals surface area (Å²) in [5, 5.41) is 3.86. The summed E-state index contributed by atoms with van der Waals surface area (Å²) >= 11 is 6.01. The molecular weight excluding hydrogens is 404 g/mol. The molecule has 2 aromatic carbocycles. The van der Waals surface area contributed by atoms with Gasteiger partial charge in [0.1, 0.15) is 23.9 Å². The van der Waals surface area contributed by atoms with Gasteiger partial charge in [-0.2, -0.15) is 0 Å². The molecule has 1 heterocycles. The number of nitrogens with zero attached hydrogens (tertiary/aromatic N) is 1. The summed E-state index contributed by atoms with van der Waals surface area (Å²) in [5.41, 5.74) is 8.27. The van der Waals surface area contributed by atoms with E-state index in [1.165, 1.54) is 0 Å². The molecular formula is C22H25ClN4O3. The van der Waals surface area contributed by atoms with E-state index in [9.17, 15) is 4.79 Å². The van der Waals surface area contributed by atoms with Crippen LogP contribution in [0.25, 0.3) is 0 Å². The summed E-state index contributed by atoms with van der Waals surface area (Å²) in [5.74, 6) is 1.70. The summed E-state index contributed by atoms with van der Waals surface area (Å²) in [6.07, 6.45) is 2.14. The number of amides is 1. The van der Waals surface area contributed by atoms with E-state index < -0.39 is 11.9 Å². The number of aromatic amines is 1. The Morgan fingerprint density at radius 2 is 2.13 bits per heavy atom. The number of methoxy groups -OCH3 is 1. The minimum absolute atomic E-state index is 0.397. The maximum Gasteiger partial charge on any atom is 0.234 e. The van der Waals surface area contributed by atoms with E-state index in [4.69, 9.17) is 26.8 Å². The second kappa shape index (κ2) is 10.1. The number of ether oxygens (including phenoxy) is 2. The average molecular weight is 429 g/mol. The fourth-order valence-corrected chi connectivity index (χ4v) is 3.27. The maximum absolute atomic E-state index is 11.8. The molecule has 0 saturated carbocycles. The van der Waals surface area contributed by atoms with Gasteiger partial charge in [-0.15, -0.1) is 0 Å². The second-order valence-electron chi connectivity index (χ2n) is 6.93. The number of halogens is 1. The molecule has 0 aliphatic rings. The van der Waals surface area contributed by atoms with Crippen molar-refractivity contribution < 1.29 is 14.3 Å². The van der Waals surface area contributed by atoms with Crippen LogP contribution in [-0.4, -0.2) is 29.0 Å². The molecule has 0 radical (unpaired) electrons. The van der Waals surface area contributed by atoms with E-state index in [1.54, 1.807) is 13.3 Å². The maximum atomic E-state index is 11.8. The number of nitrogens with two attached hydrogens (primary N) is 1. The molecule has 3 aromatic rings. The van der Waals surface area contributed by atoms with Crippen molar-refractivity contribution in [3.05, 3.63) is 76.3 Å². The van der Waals surface area contributed by atoms with Crippen LogP contribution in [0.15, 0.2) is 48.7 Å². The van der Waals surface area contributed by atoms with Gasteiger partial charge in [-0.25, -0.2) is 4.98 Å². The highest BCUT2D eigenvalue weighted by Crippen LogP contribution is 2.26. The largest absolute Gasteiger partial charge is 0.496 e. The first-order chi connectivity index (χ1) is 14.4. The molecule has 30 heavy (non-hydrogen) atoms. The van der Waals surface area contributed by atoms with E-state index in [0.717, 1.165) is 22.6 Å². The van der Waals surface area contributed by atoms with Gasteiger partial charge in [0.25, 0.3) is 0 Å². The molecule has 4 N–H and O–H groups in total. The van der Waals surface area contributed by atoms with Crippen LogP contribution in [0, 0.1) is 6.92 Å². The summed E-state index contributed by atoms with van der Waals surface area (Å²) in [7, 11) is 1.60. The third kappa shape index (κ3) is 5.98. The van der Waals surface area contributed by atoms with Gasteiger partial charge in [0.2, 0.25) is 5.91 Å². The van der Waals surface area contributed by atoms with Gasteiger partial charge in [-0.05, 0) is 30.7 Å². The first-order valence-corrected chi connectivity index (χ1v) is 9.89. The molecule has 0 fully saturated rings. The number of benzene rings is 2. The predicted molar refractivity (Wildman–Crippen MR) is 116 cm³/mol. The first-order valence-electron chi connectivity index (χ1n) is 9.52. The lowest BCUT2D eigenvalue weighted by molar-refractivity contribution is -0.120. The van der Waals surface area contributed by atoms with E-state index >= 15 is 0 Å². The van der Waals surface area contributed by atoms with Crippen molar-refractivity contribution in [3.63, 3.8) is 0 Å². The van der Waals surface area contributed by atoms with Crippen LogP contribution in [0.5, 0.6) is 11.5 Å². The number of H-pyrrole nitrogens is 1. The number of imidazole rings is 1. The Morgan fingerprint density at radius 1 is 1.30 bits per heavy atom. The lowest BCUT2D eigenvalue weighted by atomic mass is 10.1. The van der Waals surface area contributed by atoms with Crippen molar-refractivity contribution in [1.82, 2.24) is 15.3 Å². The summed E-state index contributed by atoms with van der Waals surface area (Å²) in [4.78, 5) is 19.1. The van der Waals surface area contributed by atoms with E-state index in [-0.39, 0.29) is 0 Å². The topological polar surface area (TPSA) is 102 Å². The van der Waals surface area contributed by atoms with Crippen LogP contribution in [0.3, 0.4) is 0 Å². The van der Waals surface area contributed by atoms with E-state index in [0.29, 0.717) is 36.1 Å². The zero-order valence-electron chi connectivity index (χ0n) is 16.9. The number of hydrogen-bond donors (Lipinski definition) is 3. The molecule has 158 valence electrons. The number of carbonyl (C=O) groups is 1. The highest BCUT2D eigenvalue weighted by atomic mass is 35.5. The Bertz CT molecular complexity index is 1010. The molecule has 7 nitrogen and oxygen atoms in total. The van der Waals surface area contributed by atoms with Crippen molar-refractivity contribution in [3.8, 4) is 11.5 Å². The molecule has 1 atom stereocenters. The molecule has 0 aliphatic heterocycles. The Morgan fingerprint density at radius 3 is 2.80 bits per heavy atom. The second-order valence-corrected chi connectivity index (χ2v) is 7.36. The Kier molecular flexibility index (Phi) is 7.32. The molecule has 0 saturated heterocycles. The lowest BCUT2D eigenvalue weighted by Gasteiger charge is -2.17. The SMILES string of the molecule is COc1cc(OCc2cccc(Cl)c2)ccc1CNC(Cc1cnc(C)[nH]1)C(N)=O. The molecule has 0 aliphatic carbocycles. The standard InChI is InChI=1S/C22H25ClN4O3/c1-14-25-12-18(27-14)9-20(22(24)28)26-11-16-6-7-19(10-21(16)29-2)30-13-15-4-3-5-17(23)8-15/h3-8,10,12,20,26H,9,11,13H2,1-2H3,(H2,24,28)(H,25,27). The first kappa shape index (κ1) is 21.7. The monoisotopic (exact) mass is 428 g/mol. The van der Waals surface area contributed by atoms with E-state index in [2.05, 4.69) is 15.3 Å². The fraction of sp³-hybridized carbons (Fsp3) is 0.273. The number of hydrogen-bond acceptors (Lipinski definition) is 5. The van der Waals surface area contributed by atoms with Gasteiger partial charge in [0.15, 0.2) is 0 Å². The van der Waals surface area contributed by atoms with Crippen molar-refractivity contribution >= 4 is 17.5 Å². The van der Waals surface area contributed by atoms with Crippen molar-refractivity contribution in [2.24, 2.45) is 5.73 Å². The van der Waals surface area contributed by atoms with Gasteiger partial charge in [-0.1, -0.05) is 29.8 Å². The van der Waals surface area contributed by atoms with Crippen molar-refractivity contribution in [2.75, 3.05) is 7.11 Å². The minimum atomic E-state index is -0.534. The lowest BCUT2D eigenvalue weighted by Crippen LogP contribution is -2.42. The van der Waals surface area contributed by atoms with Crippen LogP contribution in [0.4, 0.5) is 0 Å². The smallest absolute Gasteiger partial charge is 0.234 e. The molecule has 1 aromatic heterocycles. The third-order valence-corrected chi connectivity index (χ3v) is 4.85. The minimum Gasteiger partial charge on any atom is -0.496 e. The molecule has 0 spiro atoms.